The van der Waals surface area contributed by atoms with Crippen molar-refractivity contribution >= 4 is 5.97 Å². The number of aliphatic carboxylic acids is 1. The molecule has 0 spiro atoms. The first-order valence-corrected chi connectivity index (χ1v) is 7.16. The molecule has 110 valence electrons. The van der Waals surface area contributed by atoms with Crippen LogP contribution in [0.25, 0.3) is 11.5 Å². The van der Waals surface area contributed by atoms with Gasteiger partial charge in [0.1, 0.15) is 5.69 Å². The fraction of sp³-hybridized carbons (Fsp3) is 0.467. The SMILES string of the molecule is CCC1CC(C(=O)O)C(c2nc(-c3ccccn3)no2)C1. The van der Waals surface area contributed by atoms with Crippen molar-refractivity contribution in [2.75, 3.05) is 0 Å². The van der Waals surface area contributed by atoms with Crippen LogP contribution < -0.4 is 0 Å². The van der Waals surface area contributed by atoms with Gasteiger partial charge < -0.3 is 9.63 Å². The second-order valence-corrected chi connectivity index (χ2v) is 5.47. The van der Waals surface area contributed by atoms with Gasteiger partial charge in [-0.15, -0.1) is 0 Å². The van der Waals surface area contributed by atoms with Crippen molar-refractivity contribution in [1.29, 1.82) is 0 Å². The van der Waals surface area contributed by atoms with Crippen molar-refractivity contribution < 1.29 is 14.4 Å². The quantitative estimate of drug-likeness (QED) is 0.930. The zero-order chi connectivity index (χ0) is 14.8. The Morgan fingerprint density at radius 3 is 2.95 bits per heavy atom. The van der Waals surface area contributed by atoms with Gasteiger partial charge >= 0.3 is 5.97 Å². The molecule has 21 heavy (non-hydrogen) atoms. The van der Waals surface area contributed by atoms with E-state index in [1.165, 1.54) is 0 Å². The van der Waals surface area contributed by atoms with Crippen LogP contribution in [0.5, 0.6) is 0 Å². The molecular weight excluding hydrogens is 270 g/mol. The van der Waals surface area contributed by atoms with Gasteiger partial charge in [-0.1, -0.05) is 24.6 Å². The highest BCUT2D eigenvalue weighted by atomic mass is 16.5. The van der Waals surface area contributed by atoms with E-state index in [9.17, 15) is 9.90 Å². The number of carbonyl (C=O) groups is 1. The summed E-state index contributed by atoms with van der Waals surface area (Å²) >= 11 is 0. The van der Waals surface area contributed by atoms with Gasteiger partial charge in [-0.05, 0) is 30.9 Å². The molecule has 0 radical (unpaired) electrons. The number of hydrogen-bond acceptors (Lipinski definition) is 5. The van der Waals surface area contributed by atoms with Crippen molar-refractivity contribution in [3.8, 4) is 11.5 Å². The minimum Gasteiger partial charge on any atom is -0.481 e. The fourth-order valence-corrected chi connectivity index (χ4v) is 3.01. The Morgan fingerprint density at radius 1 is 1.43 bits per heavy atom. The Kier molecular flexibility index (Phi) is 3.68. The predicted octanol–water partition coefficient (Wildman–Crippen LogP) is 2.74. The van der Waals surface area contributed by atoms with Crippen molar-refractivity contribution in [3.63, 3.8) is 0 Å². The lowest BCUT2D eigenvalue weighted by Gasteiger charge is -2.09. The van der Waals surface area contributed by atoms with E-state index in [4.69, 9.17) is 4.52 Å². The molecule has 1 aliphatic carbocycles. The Balaban J connectivity index is 1.87. The summed E-state index contributed by atoms with van der Waals surface area (Å²) in [6.07, 6.45) is 4.10. The second-order valence-electron chi connectivity index (χ2n) is 5.47. The van der Waals surface area contributed by atoms with E-state index in [0.717, 1.165) is 12.8 Å². The summed E-state index contributed by atoms with van der Waals surface area (Å²) < 4.78 is 5.31. The minimum atomic E-state index is -0.784. The average Bonchev–Trinajstić information content (AvgIpc) is 3.14. The number of aromatic nitrogens is 3. The highest BCUT2D eigenvalue weighted by molar-refractivity contribution is 5.71. The van der Waals surface area contributed by atoms with E-state index in [2.05, 4.69) is 22.0 Å². The third-order valence-electron chi connectivity index (χ3n) is 4.21. The molecule has 3 atom stereocenters. The van der Waals surface area contributed by atoms with E-state index < -0.39 is 11.9 Å². The summed E-state index contributed by atoms with van der Waals surface area (Å²) in [7, 11) is 0. The minimum absolute atomic E-state index is 0.197. The highest BCUT2D eigenvalue weighted by Gasteiger charge is 2.42. The van der Waals surface area contributed by atoms with Gasteiger partial charge in [-0.3, -0.25) is 9.78 Å². The standard InChI is InChI=1S/C15H17N3O3/c1-2-9-7-10(11(8-9)15(19)20)14-17-13(18-21-14)12-5-3-4-6-16-12/h3-6,9-11H,2,7-8H2,1H3,(H,19,20). The van der Waals surface area contributed by atoms with Gasteiger partial charge in [0.05, 0.1) is 11.8 Å². The van der Waals surface area contributed by atoms with Crippen LogP contribution in [0.4, 0.5) is 0 Å². The van der Waals surface area contributed by atoms with Crippen molar-refractivity contribution in [2.24, 2.45) is 11.8 Å². The highest BCUT2D eigenvalue weighted by Crippen LogP contribution is 2.44. The number of nitrogens with zero attached hydrogens (tertiary/aromatic N) is 3. The maximum atomic E-state index is 11.4. The van der Waals surface area contributed by atoms with Gasteiger partial charge in [0.2, 0.25) is 11.7 Å². The first-order valence-electron chi connectivity index (χ1n) is 7.16. The number of pyridine rings is 1. The molecule has 3 rings (SSSR count). The number of rotatable bonds is 4. The van der Waals surface area contributed by atoms with Gasteiger partial charge in [-0.2, -0.15) is 4.98 Å². The lowest BCUT2D eigenvalue weighted by molar-refractivity contribution is -0.142. The van der Waals surface area contributed by atoms with Crippen LogP contribution in [-0.2, 0) is 4.79 Å². The van der Waals surface area contributed by atoms with E-state index in [-0.39, 0.29) is 5.92 Å². The van der Waals surface area contributed by atoms with Crippen LogP contribution in [0.3, 0.4) is 0 Å². The number of carboxylic acids is 1. The van der Waals surface area contributed by atoms with Crippen LogP contribution in [0.1, 0.15) is 38.0 Å². The van der Waals surface area contributed by atoms with Gasteiger partial charge in [0.15, 0.2) is 0 Å². The maximum absolute atomic E-state index is 11.4. The normalized spacial score (nSPS) is 25.1. The lowest BCUT2D eigenvalue weighted by Crippen LogP contribution is -2.17. The molecule has 1 fully saturated rings. The molecule has 2 heterocycles. The third-order valence-corrected chi connectivity index (χ3v) is 4.21. The molecule has 0 saturated heterocycles. The summed E-state index contributed by atoms with van der Waals surface area (Å²) in [5, 5.41) is 13.3. The Hall–Kier alpha value is -2.24. The Morgan fingerprint density at radius 2 is 2.29 bits per heavy atom. The Bertz CT molecular complexity index is 626. The zero-order valence-electron chi connectivity index (χ0n) is 11.8. The van der Waals surface area contributed by atoms with Crippen LogP contribution in [0.2, 0.25) is 0 Å². The number of hydrogen-bond donors (Lipinski definition) is 1. The van der Waals surface area contributed by atoms with Crippen LogP contribution >= 0.6 is 0 Å². The molecule has 1 N–H and O–H groups in total. The van der Waals surface area contributed by atoms with Crippen LogP contribution in [0.15, 0.2) is 28.9 Å². The molecule has 0 aromatic carbocycles. The van der Waals surface area contributed by atoms with Crippen LogP contribution in [-0.4, -0.2) is 26.2 Å². The molecule has 3 unspecified atom stereocenters. The molecule has 0 aliphatic heterocycles. The zero-order valence-corrected chi connectivity index (χ0v) is 11.8. The largest absolute Gasteiger partial charge is 0.481 e. The fourth-order valence-electron chi connectivity index (χ4n) is 3.01. The number of carboxylic acid groups (broad SMARTS) is 1. The van der Waals surface area contributed by atoms with Crippen molar-refractivity contribution in [1.82, 2.24) is 15.1 Å². The predicted molar refractivity (Wildman–Crippen MR) is 74.4 cm³/mol. The summed E-state index contributed by atoms with van der Waals surface area (Å²) in [6, 6.07) is 5.46. The molecule has 1 saturated carbocycles. The summed E-state index contributed by atoms with van der Waals surface area (Å²) in [5.41, 5.74) is 0.629. The monoisotopic (exact) mass is 287 g/mol. The summed E-state index contributed by atoms with van der Waals surface area (Å²) in [4.78, 5) is 20.0. The van der Waals surface area contributed by atoms with Crippen molar-refractivity contribution in [3.05, 3.63) is 30.3 Å². The van der Waals surface area contributed by atoms with Gasteiger partial charge in [0, 0.05) is 6.20 Å². The molecule has 0 bridgehead atoms. The smallest absolute Gasteiger partial charge is 0.307 e. The molecule has 0 amide bonds. The average molecular weight is 287 g/mol. The maximum Gasteiger partial charge on any atom is 0.307 e. The molecule has 2 aromatic rings. The molecular formula is C15H17N3O3. The van der Waals surface area contributed by atoms with Crippen LogP contribution in [0, 0.1) is 11.8 Å². The lowest BCUT2D eigenvalue weighted by atomic mass is 9.96. The van der Waals surface area contributed by atoms with E-state index in [1.54, 1.807) is 12.3 Å². The molecule has 6 nitrogen and oxygen atoms in total. The summed E-state index contributed by atoms with van der Waals surface area (Å²) in [6.45, 7) is 2.08. The van der Waals surface area contributed by atoms with E-state index in [0.29, 0.717) is 29.7 Å². The first-order chi connectivity index (χ1) is 10.2. The van der Waals surface area contributed by atoms with E-state index in [1.807, 2.05) is 12.1 Å². The molecule has 1 aliphatic rings. The second kappa shape index (κ2) is 5.63. The van der Waals surface area contributed by atoms with Gasteiger partial charge in [0.25, 0.3) is 0 Å². The van der Waals surface area contributed by atoms with Gasteiger partial charge in [-0.25, -0.2) is 0 Å². The Labute approximate surface area is 122 Å². The molecule has 2 aromatic heterocycles. The summed E-state index contributed by atoms with van der Waals surface area (Å²) in [5.74, 6) is -0.187. The van der Waals surface area contributed by atoms with Crippen molar-refractivity contribution in [2.45, 2.75) is 32.1 Å². The third kappa shape index (κ3) is 2.66. The molecule has 6 heteroatoms. The topological polar surface area (TPSA) is 89.1 Å². The van der Waals surface area contributed by atoms with E-state index >= 15 is 0 Å². The first kappa shape index (κ1) is 13.7.